The molecule has 18 heavy (non-hydrogen) atoms. The van der Waals surface area contributed by atoms with Crippen molar-refractivity contribution >= 4 is 28.9 Å². The smallest absolute Gasteiger partial charge is 0.303 e. The fraction of sp³-hybridized carbons (Fsp3) is 0.250. The maximum Gasteiger partial charge on any atom is 0.303 e. The molecule has 1 aromatic carbocycles. The second-order valence-electron chi connectivity index (χ2n) is 3.90. The van der Waals surface area contributed by atoms with E-state index in [2.05, 4.69) is 15.3 Å². The highest BCUT2D eigenvalue weighted by molar-refractivity contribution is 5.91. The standard InChI is InChI=1S/C12H13N3O3/c16-10(6-3-7-11(17)18)15-12-13-8-4-1-2-5-9(8)14-12/h1-2,4-5H,3,6-7H2,(H,17,18)(H2,13,14,15,16). The highest BCUT2D eigenvalue weighted by atomic mass is 16.4. The van der Waals surface area contributed by atoms with Crippen LogP contribution in [0.1, 0.15) is 19.3 Å². The van der Waals surface area contributed by atoms with Crippen LogP contribution in [0.5, 0.6) is 0 Å². The average Bonchev–Trinajstić information content (AvgIpc) is 2.70. The van der Waals surface area contributed by atoms with Crippen molar-refractivity contribution in [1.29, 1.82) is 0 Å². The van der Waals surface area contributed by atoms with Gasteiger partial charge in [0, 0.05) is 12.8 Å². The van der Waals surface area contributed by atoms with Crippen LogP contribution in [0.4, 0.5) is 5.95 Å². The van der Waals surface area contributed by atoms with E-state index in [9.17, 15) is 9.59 Å². The first kappa shape index (κ1) is 12.1. The van der Waals surface area contributed by atoms with E-state index in [0.717, 1.165) is 11.0 Å². The Morgan fingerprint density at radius 2 is 2.06 bits per heavy atom. The molecule has 3 N–H and O–H groups in total. The van der Waals surface area contributed by atoms with Crippen LogP contribution in [0.25, 0.3) is 11.0 Å². The van der Waals surface area contributed by atoms with Crippen molar-refractivity contribution < 1.29 is 14.7 Å². The van der Waals surface area contributed by atoms with E-state index < -0.39 is 5.97 Å². The Morgan fingerprint density at radius 1 is 1.28 bits per heavy atom. The number of aliphatic carboxylic acids is 1. The summed E-state index contributed by atoms with van der Waals surface area (Å²) in [6.07, 6.45) is 0.484. The molecule has 0 atom stereocenters. The van der Waals surface area contributed by atoms with Crippen molar-refractivity contribution in [2.75, 3.05) is 5.32 Å². The van der Waals surface area contributed by atoms with Gasteiger partial charge in [0.25, 0.3) is 0 Å². The van der Waals surface area contributed by atoms with Crippen molar-refractivity contribution in [1.82, 2.24) is 9.97 Å². The van der Waals surface area contributed by atoms with Gasteiger partial charge in [0.2, 0.25) is 11.9 Å². The van der Waals surface area contributed by atoms with Crippen molar-refractivity contribution in [2.45, 2.75) is 19.3 Å². The summed E-state index contributed by atoms with van der Waals surface area (Å²) < 4.78 is 0. The van der Waals surface area contributed by atoms with Gasteiger partial charge in [-0.1, -0.05) is 12.1 Å². The fourth-order valence-electron chi connectivity index (χ4n) is 1.61. The monoisotopic (exact) mass is 247 g/mol. The van der Waals surface area contributed by atoms with Crippen LogP contribution in [0.2, 0.25) is 0 Å². The fourth-order valence-corrected chi connectivity index (χ4v) is 1.61. The molecule has 0 aliphatic heterocycles. The SMILES string of the molecule is O=C(O)CCCC(=O)Nc1nc2ccccc2[nH]1. The zero-order valence-electron chi connectivity index (χ0n) is 9.64. The van der Waals surface area contributed by atoms with Crippen LogP contribution in [-0.4, -0.2) is 27.0 Å². The van der Waals surface area contributed by atoms with E-state index in [1.807, 2.05) is 24.3 Å². The van der Waals surface area contributed by atoms with Gasteiger partial charge in [-0.2, -0.15) is 0 Å². The number of amides is 1. The normalized spacial score (nSPS) is 10.4. The minimum Gasteiger partial charge on any atom is -0.481 e. The molecule has 1 aromatic heterocycles. The third-order valence-electron chi connectivity index (χ3n) is 2.44. The molecule has 0 fully saturated rings. The molecule has 2 rings (SSSR count). The van der Waals surface area contributed by atoms with Gasteiger partial charge in [-0.3, -0.25) is 14.9 Å². The van der Waals surface area contributed by atoms with E-state index in [-0.39, 0.29) is 18.7 Å². The van der Waals surface area contributed by atoms with Crippen molar-refractivity contribution in [3.05, 3.63) is 24.3 Å². The topological polar surface area (TPSA) is 95.1 Å². The molecular weight excluding hydrogens is 234 g/mol. The van der Waals surface area contributed by atoms with Gasteiger partial charge >= 0.3 is 5.97 Å². The first-order valence-corrected chi connectivity index (χ1v) is 5.61. The Morgan fingerprint density at radius 3 is 2.78 bits per heavy atom. The molecule has 0 unspecified atom stereocenters. The number of H-pyrrole nitrogens is 1. The van der Waals surface area contributed by atoms with E-state index in [1.165, 1.54) is 0 Å². The van der Waals surface area contributed by atoms with E-state index >= 15 is 0 Å². The second kappa shape index (κ2) is 5.31. The molecule has 0 saturated heterocycles. The van der Waals surface area contributed by atoms with Crippen molar-refractivity contribution in [3.8, 4) is 0 Å². The lowest BCUT2D eigenvalue weighted by Crippen LogP contribution is -2.12. The van der Waals surface area contributed by atoms with Gasteiger partial charge in [0.1, 0.15) is 0 Å². The number of nitrogens with one attached hydrogen (secondary N) is 2. The summed E-state index contributed by atoms with van der Waals surface area (Å²) in [6.45, 7) is 0. The first-order chi connectivity index (χ1) is 8.65. The number of carboxylic acids is 1. The number of rotatable bonds is 5. The minimum absolute atomic E-state index is 0.00640. The highest BCUT2D eigenvalue weighted by Gasteiger charge is 2.07. The summed E-state index contributed by atoms with van der Waals surface area (Å²) in [5.41, 5.74) is 1.62. The van der Waals surface area contributed by atoms with Crippen LogP contribution in [0.15, 0.2) is 24.3 Å². The van der Waals surface area contributed by atoms with Crippen molar-refractivity contribution in [3.63, 3.8) is 0 Å². The van der Waals surface area contributed by atoms with Crippen LogP contribution in [0, 0.1) is 0 Å². The number of aromatic amines is 1. The lowest BCUT2D eigenvalue weighted by molar-refractivity contribution is -0.137. The van der Waals surface area contributed by atoms with Gasteiger partial charge in [-0.25, -0.2) is 4.98 Å². The molecule has 0 spiro atoms. The third-order valence-corrected chi connectivity index (χ3v) is 2.44. The van der Waals surface area contributed by atoms with E-state index in [4.69, 9.17) is 5.11 Å². The molecule has 1 amide bonds. The predicted octanol–water partition coefficient (Wildman–Crippen LogP) is 1.76. The van der Waals surface area contributed by atoms with Crippen LogP contribution >= 0.6 is 0 Å². The summed E-state index contributed by atoms with van der Waals surface area (Å²) in [5, 5.41) is 11.1. The number of nitrogens with zero attached hydrogens (tertiary/aromatic N) is 1. The summed E-state index contributed by atoms with van der Waals surface area (Å²) in [4.78, 5) is 29.0. The van der Waals surface area contributed by atoms with Gasteiger partial charge in [-0.05, 0) is 18.6 Å². The molecule has 0 bridgehead atoms. The van der Waals surface area contributed by atoms with E-state index in [0.29, 0.717) is 12.4 Å². The molecular formula is C12H13N3O3. The summed E-state index contributed by atoms with van der Waals surface area (Å²) in [7, 11) is 0. The number of imidazole rings is 1. The Hall–Kier alpha value is -2.37. The second-order valence-corrected chi connectivity index (χ2v) is 3.90. The lowest BCUT2D eigenvalue weighted by Gasteiger charge is -1.99. The van der Waals surface area contributed by atoms with Crippen LogP contribution in [-0.2, 0) is 9.59 Å². The maximum atomic E-state index is 11.5. The maximum absolute atomic E-state index is 11.5. The molecule has 6 heteroatoms. The molecule has 2 aromatic rings. The first-order valence-electron chi connectivity index (χ1n) is 5.61. The number of hydrogen-bond donors (Lipinski definition) is 3. The zero-order chi connectivity index (χ0) is 13.0. The third kappa shape index (κ3) is 3.07. The molecule has 0 aliphatic carbocycles. The number of aromatic nitrogens is 2. The number of benzene rings is 1. The zero-order valence-corrected chi connectivity index (χ0v) is 9.64. The van der Waals surface area contributed by atoms with Crippen molar-refractivity contribution in [2.24, 2.45) is 0 Å². The predicted molar refractivity (Wildman–Crippen MR) is 66.2 cm³/mol. The molecule has 0 aliphatic rings. The largest absolute Gasteiger partial charge is 0.481 e. The quantitative estimate of drug-likeness (QED) is 0.750. The van der Waals surface area contributed by atoms with Gasteiger partial charge in [0.05, 0.1) is 11.0 Å². The Balaban J connectivity index is 1.92. The van der Waals surface area contributed by atoms with Gasteiger partial charge in [0.15, 0.2) is 0 Å². The molecule has 6 nitrogen and oxygen atoms in total. The van der Waals surface area contributed by atoms with Gasteiger partial charge < -0.3 is 10.1 Å². The van der Waals surface area contributed by atoms with Gasteiger partial charge in [-0.15, -0.1) is 0 Å². The number of fused-ring (bicyclic) bond motifs is 1. The number of hydrogen-bond acceptors (Lipinski definition) is 3. The average molecular weight is 247 g/mol. The number of carboxylic acid groups (broad SMARTS) is 1. The van der Waals surface area contributed by atoms with Crippen LogP contribution in [0.3, 0.4) is 0 Å². The Bertz CT molecular complexity index is 544. The molecule has 0 radical (unpaired) electrons. The Labute approximate surface area is 103 Å². The minimum atomic E-state index is -0.897. The van der Waals surface area contributed by atoms with Crippen LogP contribution < -0.4 is 5.32 Å². The summed E-state index contributed by atoms with van der Waals surface area (Å²) >= 11 is 0. The number of para-hydroxylation sites is 2. The molecule has 1 heterocycles. The summed E-state index contributed by atoms with van der Waals surface area (Å²) in [6, 6.07) is 7.44. The summed E-state index contributed by atoms with van der Waals surface area (Å²) in [5.74, 6) is -0.752. The Kier molecular flexibility index (Phi) is 3.57. The highest BCUT2D eigenvalue weighted by Crippen LogP contribution is 2.13. The van der Waals surface area contributed by atoms with E-state index in [1.54, 1.807) is 0 Å². The molecule has 0 saturated carbocycles. The number of anilines is 1. The number of carbonyl (C=O) groups is 2. The number of carbonyl (C=O) groups excluding carboxylic acids is 1. The molecule has 94 valence electrons. The lowest BCUT2D eigenvalue weighted by atomic mass is 10.2.